The lowest BCUT2D eigenvalue weighted by molar-refractivity contribution is -0.438. The van der Waals surface area contributed by atoms with Crippen molar-refractivity contribution in [2.24, 2.45) is 0 Å². The number of carbonyl (C=O) groups is 1. The maximum absolute atomic E-state index is 13.8. The summed E-state index contributed by atoms with van der Waals surface area (Å²) in [5.41, 5.74) is 7.12. The molecule has 0 bridgehead atoms. The summed E-state index contributed by atoms with van der Waals surface area (Å²) < 4.78 is 2.37. The topological polar surface area (TPSA) is 46.4 Å². The van der Waals surface area contributed by atoms with Gasteiger partial charge in [-0.05, 0) is 44.4 Å². The van der Waals surface area contributed by atoms with E-state index in [-0.39, 0.29) is 22.4 Å². The number of carbonyl (C=O) groups excluding carboxylic acids is 1. The summed E-state index contributed by atoms with van der Waals surface area (Å²) in [6.45, 7) is 15.2. The smallest absolute Gasteiger partial charge is 0.209 e. The molecule has 2 aromatic carbocycles. The number of hydrogen-bond donors (Lipinski definition) is 0. The maximum Gasteiger partial charge on any atom is 0.209 e. The predicted octanol–water partition coefficient (Wildman–Crippen LogP) is 9.59. The van der Waals surface area contributed by atoms with Crippen LogP contribution in [0.15, 0.2) is 83.3 Å². The molecule has 0 spiro atoms. The van der Waals surface area contributed by atoms with E-state index in [0.29, 0.717) is 11.1 Å². The maximum atomic E-state index is 13.8. The Hall–Kier alpha value is -3.40. The van der Waals surface area contributed by atoms with Crippen LogP contribution in [0.4, 0.5) is 11.4 Å². The monoisotopic (exact) mass is 620 g/mol. The second-order valence-electron chi connectivity index (χ2n) is 14.7. The molecule has 0 saturated carbocycles. The Morgan fingerprint density at radius 2 is 1.30 bits per heavy atom. The Balaban J connectivity index is 1.44. The molecule has 2 heterocycles. The summed E-state index contributed by atoms with van der Waals surface area (Å²) in [5.74, 6) is -0.245. The third-order valence-electron chi connectivity index (χ3n) is 10.6. The molecule has 5 rings (SSSR count). The van der Waals surface area contributed by atoms with Gasteiger partial charge in [0, 0.05) is 58.6 Å². The minimum atomic E-state index is -0.288. The average Bonchev–Trinajstić information content (AvgIpc) is 3.40. The van der Waals surface area contributed by atoms with Crippen molar-refractivity contribution in [3.8, 4) is 0 Å². The highest BCUT2D eigenvalue weighted by Gasteiger charge is 2.46. The molecule has 0 fully saturated rings. The molecule has 3 aliphatic rings. The molecule has 0 unspecified atom stereocenters. The van der Waals surface area contributed by atoms with Crippen LogP contribution in [-0.4, -0.2) is 29.2 Å². The van der Waals surface area contributed by atoms with E-state index < -0.39 is 0 Å². The number of benzene rings is 2. The van der Waals surface area contributed by atoms with Gasteiger partial charge in [0.15, 0.2) is 11.5 Å². The number of nitrogens with zero attached hydrogens (tertiary/aromatic N) is 2. The molecule has 4 nitrogen and oxygen atoms in total. The fraction of sp³-hybridized carbons (Fsp3) is 0.524. The number of unbranched alkanes of at least 4 members (excludes halogenated alkanes) is 10. The fourth-order valence-electron chi connectivity index (χ4n) is 7.75. The van der Waals surface area contributed by atoms with Crippen molar-refractivity contribution in [2.75, 3.05) is 18.0 Å². The lowest BCUT2D eigenvalue weighted by Gasteiger charge is -2.33. The van der Waals surface area contributed by atoms with E-state index in [0.717, 1.165) is 37.3 Å². The van der Waals surface area contributed by atoms with Gasteiger partial charge in [0.05, 0.1) is 5.41 Å². The number of anilines is 1. The Labute approximate surface area is 278 Å². The third-order valence-corrected chi connectivity index (χ3v) is 10.6. The molecule has 0 N–H and O–H groups in total. The zero-order valence-electron chi connectivity index (χ0n) is 29.4. The van der Waals surface area contributed by atoms with E-state index >= 15 is 0 Å². The average molecular weight is 621 g/mol. The standard InChI is InChI=1S/C42H56N2O2/c1-7-9-11-13-15-21-27-43-35-25-19-17-23-33(35)41(3,4)37(43)29-31-39(45)32(40(31)46)30-38-42(5,6)34-24-18-20-26-36(34)44(38)28-22-16-14-12-10-8-2/h17-20,23-26,29-30H,7-16,21-22,27-28H2,1-6H3. The summed E-state index contributed by atoms with van der Waals surface area (Å²) >= 11 is 0. The summed E-state index contributed by atoms with van der Waals surface area (Å²) in [7, 11) is 0. The predicted molar refractivity (Wildman–Crippen MR) is 191 cm³/mol. The van der Waals surface area contributed by atoms with E-state index in [4.69, 9.17) is 0 Å². The van der Waals surface area contributed by atoms with Crippen LogP contribution < -0.4 is 10.0 Å². The van der Waals surface area contributed by atoms with Crippen LogP contribution in [-0.2, 0) is 15.6 Å². The first-order valence-corrected chi connectivity index (χ1v) is 18.2. The minimum absolute atomic E-state index is 0.123. The summed E-state index contributed by atoms with van der Waals surface area (Å²) in [4.78, 5) is 16.2. The lowest BCUT2D eigenvalue weighted by Crippen LogP contribution is -2.35. The van der Waals surface area contributed by atoms with Crippen molar-refractivity contribution in [1.82, 2.24) is 0 Å². The van der Waals surface area contributed by atoms with E-state index in [1.54, 1.807) is 0 Å². The van der Waals surface area contributed by atoms with Crippen molar-refractivity contribution in [3.05, 3.63) is 94.4 Å². The molecule has 0 saturated heterocycles. The van der Waals surface area contributed by atoms with Gasteiger partial charge in [0.1, 0.15) is 6.54 Å². The van der Waals surface area contributed by atoms with Gasteiger partial charge in [0.2, 0.25) is 5.69 Å². The number of rotatable bonds is 16. The molecule has 246 valence electrons. The Morgan fingerprint density at radius 1 is 0.717 bits per heavy atom. The van der Waals surface area contributed by atoms with E-state index in [2.05, 4.69) is 99.5 Å². The van der Waals surface area contributed by atoms with Gasteiger partial charge in [-0.3, -0.25) is 4.79 Å². The normalized spacial score (nSPS) is 19.8. The van der Waals surface area contributed by atoms with Gasteiger partial charge in [-0.25, -0.2) is 0 Å². The van der Waals surface area contributed by atoms with Crippen LogP contribution in [0.1, 0.15) is 130 Å². The molecule has 0 amide bonds. The molecule has 2 aromatic rings. The number of fused-ring (bicyclic) bond motifs is 2. The highest BCUT2D eigenvalue weighted by molar-refractivity contribution is 6.24. The third kappa shape index (κ3) is 6.55. The molecule has 0 aromatic heterocycles. The summed E-state index contributed by atoms with van der Waals surface area (Å²) in [5, 5.41) is 13.8. The van der Waals surface area contributed by atoms with Crippen LogP contribution in [0.2, 0.25) is 0 Å². The first-order chi connectivity index (χ1) is 22.1. The number of ketones is 1. The van der Waals surface area contributed by atoms with E-state index in [1.807, 2.05) is 12.2 Å². The quantitative estimate of drug-likeness (QED) is 0.107. The second kappa shape index (κ2) is 14.6. The molecule has 2 aliphatic heterocycles. The van der Waals surface area contributed by atoms with Crippen molar-refractivity contribution < 1.29 is 14.5 Å². The number of allylic oxidation sites excluding steroid dienone is 5. The van der Waals surface area contributed by atoms with Crippen molar-refractivity contribution in [1.29, 1.82) is 0 Å². The molecule has 0 atom stereocenters. The zero-order valence-corrected chi connectivity index (χ0v) is 29.4. The number of Topliss-reactive ketones (excluding diaryl/α,β-unsaturated/α-hetero) is 1. The van der Waals surface area contributed by atoms with E-state index in [9.17, 15) is 9.90 Å². The van der Waals surface area contributed by atoms with Crippen molar-refractivity contribution >= 4 is 22.9 Å². The van der Waals surface area contributed by atoms with Gasteiger partial charge in [0.25, 0.3) is 0 Å². The lowest BCUT2D eigenvalue weighted by atomic mass is 9.77. The number of para-hydroxylation sites is 2. The zero-order chi connectivity index (χ0) is 32.9. The SMILES string of the molecule is CCCCCCCCN1/C(=C\C2=C([O-])C(=C\C3=[N+](CCCCCCCC)c4ccccc4C3(C)C)/C2=O)C(C)(C)c2ccccc21. The van der Waals surface area contributed by atoms with Crippen LogP contribution >= 0.6 is 0 Å². The van der Waals surface area contributed by atoms with Gasteiger partial charge >= 0.3 is 0 Å². The molecule has 46 heavy (non-hydrogen) atoms. The molecule has 1 aliphatic carbocycles. The van der Waals surface area contributed by atoms with Gasteiger partial charge < -0.3 is 10.0 Å². The van der Waals surface area contributed by atoms with E-state index in [1.165, 1.54) is 86.7 Å². The van der Waals surface area contributed by atoms with Crippen LogP contribution in [0.25, 0.3) is 0 Å². The Morgan fingerprint density at radius 3 is 1.98 bits per heavy atom. The number of hydrogen-bond acceptors (Lipinski definition) is 3. The summed E-state index contributed by atoms with van der Waals surface area (Å²) in [6, 6.07) is 17.1. The molecule has 0 radical (unpaired) electrons. The molecule has 4 heteroatoms. The second-order valence-corrected chi connectivity index (χ2v) is 14.7. The van der Waals surface area contributed by atoms with Crippen molar-refractivity contribution in [2.45, 2.75) is 129 Å². The Kier molecular flexibility index (Phi) is 10.8. The summed E-state index contributed by atoms with van der Waals surface area (Å²) in [6.07, 6.45) is 18.6. The first-order valence-electron chi connectivity index (χ1n) is 18.2. The highest BCUT2D eigenvalue weighted by atomic mass is 16.3. The highest BCUT2D eigenvalue weighted by Crippen LogP contribution is 2.49. The van der Waals surface area contributed by atoms with Gasteiger partial charge in [-0.2, -0.15) is 4.58 Å². The molecular weight excluding hydrogens is 564 g/mol. The van der Waals surface area contributed by atoms with Gasteiger partial charge in [-0.1, -0.05) is 128 Å². The largest absolute Gasteiger partial charge is 0.871 e. The van der Waals surface area contributed by atoms with Crippen LogP contribution in [0.5, 0.6) is 0 Å². The molecular formula is C42H56N2O2. The fourth-order valence-corrected chi connectivity index (χ4v) is 7.75. The minimum Gasteiger partial charge on any atom is -0.871 e. The van der Waals surface area contributed by atoms with Crippen LogP contribution in [0.3, 0.4) is 0 Å². The van der Waals surface area contributed by atoms with Crippen LogP contribution in [0, 0.1) is 0 Å². The van der Waals surface area contributed by atoms with Crippen molar-refractivity contribution in [3.63, 3.8) is 0 Å². The first kappa shape index (κ1) is 33.9. The van der Waals surface area contributed by atoms with Gasteiger partial charge in [-0.15, -0.1) is 0 Å². The Bertz CT molecular complexity index is 1550.